The summed E-state index contributed by atoms with van der Waals surface area (Å²) in [5, 5.41) is 6.44. The molecule has 1 aromatic heterocycles. The Morgan fingerprint density at radius 3 is 2.75 bits per heavy atom. The minimum atomic E-state index is -0.257. The number of fused-ring (bicyclic) bond motifs is 1. The number of benzene rings is 1. The lowest BCUT2D eigenvalue weighted by atomic mass is 9.81. The van der Waals surface area contributed by atoms with Gasteiger partial charge in [-0.15, -0.1) is 0 Å². The number of aromatic nitrogens is 1. The van der Waals surface area contributed by atoms with Crippen molar-refractivity contribution in [3.05, 3.63) is 41.8 Å². The van der Waals surface area contributed by atoms with E-state index in [0.29, 0.717) is 24.3 Å². The molecule has 1 saturated carbocycles. The van der Waals surface area contributed by atoms with Crippen LogP contribution in [0.4, 0.5) is 21.6 Å². The number of nitrogens with zero attached hydrogens (tertiary/aromatic N) is 2. The molecule has 0 spiro atoms. The van der Waals surface area contributed by atoms with Gasteiger partial charge in [0.05, 0.1) is 23.7 Å². The highest BCUT2D eigenvalue weighted by Crippen LogP contribution is 2.36. The average Bonchev–Trinajstić information content (AvgIpc) is 2.64. The summed E-state index contributed by atoms with van der Waals surface area (Å²) < 4.78 is 18.7. The first-order valence-corrected chi connectivity index (χ1v) is 9.61. The van der Waals surface area contributed by atoms with E-state index < -0.39 is 0 Å². The fourth-order valence-electron chi connectivity index (χ4n) is 3.72. The lowest BCUT2D eigenvalue weighted by Gasteiger charge is -2.37. The predicted octanol–water partition coefficient (Wildman–Crippen LogP) is 3.58. The van der Waals surface area contributed by atoms with Crippen molar-refractivity contribution in [2.75, 3.05) is 29.2 Å². The molecule has 1 unspecified atom stereocenters. The van der Waals surface area contributed by atoms with Crippen LogP contribution in [0.25, 0.3) is 0 Å². The van der Waals surface area contributed by atoms with E-state index >= 15 is 0 Å². The third-order valence-electron chi connectivity index (χ3n) is 5.66. The molecule has 6 nitrogen and oxygen atoms in total. The van der Waals surface area contributed by atoms with Gasteiger partial charge < -0.3 is 20.3 Å². The monoisotopic (exact) mass is 384 g/mol. The van der Waals surface area contributed by atoms with Crippen molar-refractivity contribution in [3.63, 3.8) is 0 Å². The van der Waals surface area contributed by atoms with Crippen LogP contribution in [0.5, 0.6) is 5.75 Å². The molecule has 1 aromatic carbocycles. The Kier molecular flexibility index (Phi) is 4.83. The number of likely N-dealkylation sites (N-methyl/N-ethyl adjacent to an activating group) is 1. The number of aryl methyl sites for hydroxylation is 1. The molecular formula is C21H25FN4O2. The highest BCUT2D eigenvalue weighted by atomic mass is 19.1. The zero-order valence-electron chi connectivity index (χ0n) is 16.3. The lowest BCUT2D eigenvalue weighted by molar-refractivity contribution is -0.117. The van der Waals surface area contributed by atoms with Crippen molar-refractivity contribution in [1.29, 1.82) is 0 Å². The number of ether oxygens (including phenoxy) is 1. The van der Waals surface area contributed by atoms with Crippen molar-refractivity contribution in [1.82, 2.24) is 4.98 Å². The second-order valence-electron chi connectivity index (χ2n) is 7.71. The van der Waals surface area contributed by atoms with Crippen LogP contribution in [0.1, 0.15) is 25.5 Å². The number of pyridine rings is 1. The molecule has 1 amide bonds. The van der Waals surface area contributed by atoms with Crippen molar-refractivity contribution in [3.8, 4) is 5.75 Å². The van der Waals surface area contributed by atoms with Crippen LogP contribution in [0, 0.1) is 18.7 Å². The quantitative estimate of drug-likeness (QED) is 0.825. The zero-order valence-corrected chi connectivity index (χ0v) is 16.3. The summed E-state index contributed by atoms with van der Waals surface area (Å²) in [5.41, 5.74) is 2.58. The first-order chi connectivity index (χ1) is 13.4. The van der Waals surface area contributed by atoms with E-state index in [1.54, 1.807) is 12.1 Å². The molecule has 2 aliphatic rings. The number of carbonyl (C=O) groups excluding carboxylic acids is 1. The molecule has 7 heteroatoms. The SMILES string of the molecule is Cc1nc(NC2CC(COc3ccc(F)cc3)C2)cc2c1NC(=O)C(C)N2C. The molecule has 28 heavy (non-hydrogen) atoms. The molecule has 2 N–H and O–H groups in total. The van der Waals surface area contributed by atoms with Gasteiger partial charge >= 0.3 is 0 Å². The van der Waals surface area contributed by atoms with Crippen molar-refractivity contribution in [2.24, 2.45) is 5.92 Å². The maximum atomic E-state index is 12.9. The van der Waals surface area contributed by atoms with Gasteiger partial charge in [0.15, 0.2) is 0 Å². The second-order valence-corrected chi connectivity index (χ2v) is 7.71. The number of hydrogen-bond acceptors (Lipinski definition) is 5. The maximum absolute atomic E-state index is 12.9. The van der Waals surface area contributed by atoms with Crippen LogP contribution in [0.3, 0.4) is 0 Å². The maximum Gasteiger partial charge on any atom is 0.246 e. The fourth-order valence-corrected chi connectivity index (χ4v) is 3.72. The number of carbonyl (C=O) groups is 1. The predicted molar refractivity (Wildman–Crippen MR) is 107 cm³/mol. The summed E-state index contributed by atoms with van der Waals surface area (Å²) in [5.74, 6) is 1.73. The average molecular weight is 384 g/mol. The summed E-state index contributed by atoms with van der Waals surface area (Å²) >= 11 is 0. The van der Waals surface area contributed by atoms with Crippen LogP contribution in [-0.2, 0) is 4.79 Å². The number of rotatable bonds is 5. The van der Waals surface area contributed by atoms with E-state index in [9.17, 15) is 9.18 Å². The molecule has 1 atom stereocenters. The third kappa shape index (κ3) is 3.61. The van der Waals surface area contributed by atoms with Gasteiger partial charge in [-0.3, -0.25) is 4.79 Å². The highest BCUT2D eigenvalue weighted by molar-refractivity contribution is 6.04. The van der Waals surface area contributed by atoms with Gasteiger partial charge in [-0.05, 0) is 56.9 Å². The van der Waals surface area contributed by atoms with E-state index in [4.69, 9.17) is 4.74 Å². The van der Waals surface area contributed by atoms with Crippen LogP contribution < -0.4 is 20.3 Å². The summed E-state index contributed by atoms with van der Waals surface area (Å²) in [7, 11) is 1.93. The number of amides is 1. The minimum absolute atomic E-state index is 0.0106. The van der Waals surface area contributed by atoms with Gasteiger partial charge in [-0.2, -0.15) is 0 Å². The first kappa shape index (κ1) is 18.5. The topological polar surface area (TPSA) is 66.5 Å². The van der Waals surface area contributed by atoms with Gasteiger partial charge in [0.1, 0.15) is 23.4 Å². The summed E-state index contributed by atoms with van der Waals surface area (Å²) in [6, 6.07) is 8.27. The number of anilines is 3. The summed E-state index contributed by atoms with van der Waals surface area (Å²) in [6.07, 6.45) is 2.00. The smallest absolute Gasteiger partial charge is 0.246 e. The molecule has 1 aliphatic carbocycles. The second kappa shape index (κ2) is 7.30. The van der Waals surface area contributed by atoms with Crippen LogP contribution in [0.2, 0.25) is 0 Å². The van der Waals surface area contributed by atoms with Crippen molar-refractivity contribution >= 4 is 23.1 Å². The summed E-state index contributed by atoms with van der Waals surface area (Å²) in [4.78, 5) is 18.6. The Morgan fingerprint density at radius 1 is 1.32 bits per heavy atom. The molecule has 0 saturated heterocycles. The standard InChI is InChI=1S/C21H25FN4O2/c1-12-20-18(26(3)13(2)21(27)25-20)10-19(23-12)24-16-8-14(9-16)11-28-17-6-4-15(22)5-7-17/h4-7,10,13-14,16H,8-9,11H2,1-3H3,(H,23,24)(H,25,27). The lowest BCUT2D eigenvalue weighted by Crippen LogP contribution is -2.44. The Hall–Kier alpha value is -2.83. The molecule has 2 heterocycles. The van der Waals surface area contributed by atoms with Crippen molar-refractivity contribution < 1.29 is 13.9 Å². The van der Waals surface area contributed by atoms with E-state index in [0.717, 1.165) is 35.7 Å². The third-order valence-corrected chi connectivity index (χ3v) is 5.66. The minimum Gasteiger partial charge on any atom is -0.493 e. The van der Waals surface area contributed by atoms with Gasteiger partial charge in [-0.25, -0.2) is 9.37 Å². The van der Waals surface area contributed by atoms with Gasteiger partial charge in [0.25, 0.3) is 0 Å². The highest BCUT2D eigenvalue weighted by Gasteiger charge is 2.32. The molecule has 0 bridgehead atoms. The Bertz CT molecular complexity index is 881. The molecule has 1 aliphatic heterocycles. The van der Waals surface area contributed by atoms with Gasteiger partial charge in [-0.1, -0.05) is 0 Å². The van der Waals surface area contributed by atoms with E-state index in [1.807, 2.05) is 31.9 Å². The van der Waals surface area contributed by atoms with Gasteiger partial charge in [0.2, 0.25) is 5.91 Å². The molecule has 1 fully saturated rings. The van der Waals surface area contributed by atoms with Crippen molar-refractivity contribution in [2.45, 2.75) is 38.8 Å². The molecule has 4 rings (SSSR count). The fraction of sp³-hybridized carbons (Fsp3) is 0.429. The normalized spacial score (nSPS) is 23.5. The number of halogens is 1. The number of hydrogen-bond donors (Lipinski definition) is 2. The van der Waals surface area contributed by atoms with Crippen LogP contribution in [-0.4, -0.2) is 36.6 Å². The van der Waals surface area contributed by atoms with E-state index in [-0.39, 0.29) is 17.8 Å². The molecule has 2 aromatic rings. The zero-order chi connectivity index (χ0) is 19.8. The van der Waals surface area contributed by atoms with E-state index in [2.05, 4.69) is 15.6 Å². The molecular weight excluding hydrogens is 359 g/mol. The Balaban J connectivity index is 1.33. The largest absolute Gasteiger partial charge is 0.493 e. The molecule has 148 valence electrons. The number of nitrogens with one attached hydrogen (secondary N) is 2. The van der Waals surface area contributed by atoms with Gasteiger partial charge in [0, 0.05) is 19.2 Å². The Morgan fingerprint density at radius 2 is 2.04 bits per heavy atom. The summed E-state index contributed by atoms with van der Waals surface area (Å²) in [6.45, 7) is 4.43. The first-order valence-electron chi connectivity index (χ1n) is 9.61. The Labute approximate surface area is 164 Å². The van der Waals surface area contributed by atoms with E-state index in [1.165, 1.54) is 12.1 Å². The van der Waals surface area contributed by atoms with Crippen LogP contribution in [0.15, 0.2) is 30.3 Å². The van der Waals surface area contributed by atoms with Crippen LogP contribution >= 0.6 is 0 Å². The molecule has 0 radical (unpaired) electrons.